The Labute approximate surface area is 253 Å². The summed E-state index contributed by atoms with van der Waals surface area (Å²) in [6, 6.07) is 23.9. The Hall–Kier alpha value is -3.17. The van der Waals surface area contributed by atoms with E-state index in [9.17, 15) is 18.0 Å². The molecule has 0 aromatic heterocycles. The molecule has 3 aromatic carbocycles. The van der Waals surface area contributed by atoms with Crippen molar-refractivity contribution in [2.24, 2.45) is 0 Å². The summed E-state index contributed by atoms with van der Waals surface area (Å²) in [5.41, 5.74) is 3.29. The lowest BCUT2D eigenvalue weighted by Crippen LogP contribution is -2.52. The van der Waals surface area contributed by atoms with Gasteiger partial charge < -0.3 is 10.2 Å². The number of nitrogens with one attached hydrogen (secondary N) is 1. The van der Waals surface area contributed by atoms with Crippen molar-refractivity contribution in [2.75, 3.05) is 17.1 Å². The third kappa shape index (κ3) is 9.71. The number of benzene rings is 3. The lowest BCUT2D eigenvalue weighted by atomic mass is 10.0. The molecule has 0 heterocycles. The van der Waals surface area contributed by atoms with Crippen LogP contribution in [0.15, 0.2) is 83.3 Å². The maximum atomic E-state index is 13.9. The Morgan fingerprint density at radius 3 is 2.17 bits per heavy atom. The van der Waals surface area contributed by atoms with E-state index < -0.39 is 16.1 Å². The van der Waals surface area contributed by atoms with Crippen molar-refractivity contribution in [3.8, 4) is 0 Å². The number of hydrogen-bond acceptors (Lipinski definition) is 4. The first kappa shape index (κ1) is 32.3. The minimum Gasteiger partial charge on any atom is -0.352 e. The van der Waals surface area contributed by atoms with E-state index in [1.165, 1.54) is 10.6 Å². The topological polar surface area (TPSA) is 86.8 Å². The van der Waals surface area contributed by atoms with Crippen LogP contribution in [0.1, 0.15) is 49.8 Å². The largest absolute Gasteiger partial charge is 0.352 e. The van der Waals surface area contributed by atoms with Gasteiger partial charge in [-0.2, -0.15) is 0 Å². The van der Waals surface area contributed by atoms with Gasteiger partial charge in [-0.3, -0.25) is 13.9 Å². The van der Waals surface area contributed by atoms with E-state index in [2.05, 4.69) is 21.2 Å². The second-order valence-corrected chi connectivity index (χ2v) is 13.2. The number of anilines is 1. The van der Waals surface area contributed by atoms with Crippen LogP contribution in [-0.2, 0) is 32.6 Å². The van der Waals surface area contributed by atoms with Crippen LogP contribution >= 0.6 is 15.9 Å². The highest BCUT2D eigenvalue weighted by atomic mass is 79.9. The summed E-state index contributed by atoms with van der Waals surface area (Å²) in [6.45, 7) is 6.23. The predicted octanol–water partition coefficient (Wildman–Crippen LogP) is 5.86. The molecule has 0 aliphatic rings. The summed E-state index contributed by atoms with van der Waals surface area (Å²) >= 11 is 3.46. The lowest BCUT2D eigenvalue weighted by Gasteiger charge is -2.33. The van der Waals surface area contributed by atoms with Gasteiger partial charge in [0.1, 0.15) is 6.04 Å². The van der Waals surface area contributed by atoms with E-state index in [1.807, 2.05) is 87.5 Å². The smallest absolute Gasteiger partial charge is 0.243 e. The van der Waals surface area contributed by atoms with Gasteiger partial charge in [0.2, 0.25) is 21.8 Å². The second kappa shape index (κ2) is 15.2. The molecule has 0 saturated heterocycles. The van der Waals surface area contributed by atoms with Crippen molar-refractivity contribution in [2.45, 2.75) is 65.1 Å². The normalized spacial score (nSPS) is 12.8. The molecule has 3 rings (SSSR count). The number of nitrogens with zero attached hydrogens (tertiary/aromatic N) is 2. The van der Waals surface area contributed by atoms with E-state index in [0.717, 1.165) is 27.6 Å². The number of para-hydroxylation sites is 1. The molecule has 0 unspecified atom stereocenters. The zero-order valence-corrected chi connectivity index (χ0v) is 26.6. The molecule has 7 nitrogen and oxygen atoms in total. The Bertz CT molecular complexity index is 1400. The van der Waals surface area contributed by atoms with Crippen LogP contribution < -0.4 is 9.62 Å². The van der Waals surface area contributed by atoms with Crippen molar-refractivity contribution in [1.82, 2.24) is 10.2 Å². The van der Waals surface area contributed by atoms with Crippen LogP contribution in [0.3, 0.4) is 0 Å². The number of halogens is 1. The summed E-state index contributed by atoms with van der Waals surface area (Å²) in [7, 11) is -3.56. The fourth-order valence-electron chi connectivity index (χ4n) is 4.61. The summed E-state index contributed by atoms with van der Waals surface area (Å²) in [5, 5.41) is 3.07. The molecule has 0 radical (unpaired) electrons. The summed E-state index contributed by atoms with van der Waals surface area (Å²) in [5.74, 6) is -0.405. The Morgan fingerprint density at radius 1 is 0.927 bits per heavy atom. The SMILES string of the molecule is CC[C@H](C)NC(=O)[C@H](Cc1ccccc1)N(Cc1ccc(Br)cc1)C(=O)CCCN(c1ccccc1C)S(C)(=O)=O. The number of hydrogen-bond donors (Lipinski definition) is 1. The first-order valence-corrected chi connectivity index (χ1v) is 16.5. The molecule has 0 fully saturated rings. The zero-order chi connectivity index (χ0) is 30.0. The number of amides is 2. The van der Waals surface area contributed by atoms with Crippen molar-refractivity contribution < 1.29 is 18.0 Å². The molecule has 2 atom stereocenters. The summed E-state index contributed by atoms with van der Waals surface area (Å²) in [4.78, 5) is 29.2. The van der Waals surface area contributed by atoms with Crippen molar-refractivity contribution in [1.29, 1.82) is 0 Å². The Morgan fingerprint density at radius 2 is 1.56 bits per heavy atom. The number of aryl methyl sites for hydroxylation is 1. The predicted molar refractivity (Wildman–Crippen MR) is 169 cm³/mol. The van der Waals surface area contributed by atoms with Gasteiger partial charge in [0.05, 0.1) is 11.9 Å². The van der Waals surface area contributed by atoms with Gasteiger partial charge in [-0.1, -0.05) is 83.5 Å². The van der Waals surface area contributed by atoms with Gasteiger partial charge in [-0.05, 0) is 61.6 Å². The maximum absolute atomic E-state index is 13.9. The van der Waals surface area contributed by atoms with Crippen LogP contribution in [0.5, 0.6) is 0 Å². The van der Waals surface area contributed by atoms with Crippen molar-refractivity contribution in [3.63, 3.8) is 0 Å². The fourth-order valence-corrected chi connectivity index (χ4v) is 5.89. The molecular formula is C32H40BrN3O4S. The van der Waals surface area contributed by atoms with Crippen LogP contribution in [-0.4, -0.2) is 50.0 Å². The standard InChI is InChI=1S/C32H40BrN3O4S/c1-5-25(3)34-32(38)30(22-26-13-7-6-8-14-26)35(23-27-17-19-28(33)20-18-27)31(37)16-11-21-36(41(4,39)40)29-15-10-9-12-24(29)2/h6-10,12-15,17-20,25,30H,5,11,16,21-23H2,1-4H3,(H,34,38)/t25-,30-/m0/s1. The number of carbonyl (C=O) groups is 2. The molecule has 9 heteroatoms. The van der Waals surface area contributed by atoms with Gasteiger partial charge >= 0.3 is 0 Å². The number of sulfonamides is 1. The number of rotatable bonds is 14. The first-order chi connectivity index (χ1) is 19.5. The molecule has 0 aliphatic heterocycles. The molecule has 0 saturated carbocycles. The molecule has 3 aromatic rings. The van der Waals surface area contributed by atoms with Gasteiger partial charge in [-0.25, -0.2) is 8.42 Å². The van der Waals surface area contributed by atoms with Gasteiger partial charge in [0, 0.05) is 36.4 Å². The van der Waals surface area contributed by atoms with E-state index in [-0.39, 0.29) is 37.4 Å². The lowest BCUT2D eigenvalue weighted by molar-refractivity contribution is -0.141. The van der Waals surface area contributed by atoms with Crippen LogP contribution in [0.25, 0.3) is 0 Å². The van der Waals surface area contributed by atoms with Gasteiger partial charge in [0.15, 0.2) is 0 Å². The van der Waals surface area contributed by atoms with Crippen molar-refractivity contribution >= 4 is 43.5 Å². The van der Waals surface area contributed by atoms with Crippen LogP contribution in [0.2, 0.25) is 0 Å². The average Bonchev–Trinajstić information content (AvgIpc) is 2.94. The zero-order valence-electron chi connectivity index (χ0n) is 24.2. The van der Waals surface area contributed by atoms with Gasteiger partial charge in [-0.15, -0.1) is 0 Å². The second-order valence-electron chi connectivity index (χ2n) is 10.4. The van der Waals surface area contributed by atoms with Crippen molar-refractivity contribution in [3.05, 3.63) is 100 Å². The highest BCUT2D eigenvalue weighted by Crippen LogP contribution is 2.23. The molecule has 2 amide bonds. The highest BCUT2D eigenvalue weighted by Gasteiger charge is 2.31. The third-order valence-electron chi connectivity index (χ3n) is 7.07. The highest BCUT2D eigenvalue weighted by molar-refractivity contribution is 9.10. The monoisotopic (exact) mass is 641 g/mol. The Balaban J connectivity index is 1.89. The van der Waals surface area contributed by atoms with Crippen LogP contribution in [0.4, 0.5) is 5.69 Å². The number of carbonyl (C=O) groups excluding carboxylic acids is 2. The van der Waals surface area contributed by atoms with Crippen LogP contribution in [0, 0.1) is 6.92 Å². The molecule has 0 bridgehead atoms. The minimum atomic E-state index is -3.56. The molecule has 41 heavy (non-hydrogen) atoms. The molecule has 220 valence electrons. The molecule has 0 spiro atoms. The summed E-state index contributed by atoms with van der Waals surface area (Å²) < 4.78 is 27.6. The third-order valence-corrected chi connectivity index (χ3v) is 8.78. The van der Waals surface area contributed by atoms with E-state index in [0.29, 0.717) is 18.5 Å². The van der Waals surface area contributed by atoms with E-state index >= 15 is 0 Å². The molecule has 1 N–H and O–H groups in total. The van der Waals surface area contributed by atoms with E-state index in [1.54, 1.807) is 17.0 Å². The Kier molecular flexibility index (Phi) is 12.0. The maximum Gasteiger partial charge on any atom is 0.243 e. The first-order valence-electron chi connectivity index (χ1n) is 13.9. The summed E-state index contributed by atoms with van der Waals surface area (Å²) in [6.07, 6.45) is 2.71. The average molecular weight is 643 g/mol. The van der Waals surface area contributed by atoms with E-state index in [4.69, 9.17) is 0 Å². The molecule has 0 aliphatic carbocycles. The quantitative estimate of drug-likeness (QED) is 0.239. The fraction of sp³-hybridized carbons (Fsp3) is 0.375. The molecular weight excluding hydrogens is 602 g/mol. The van der Waals surface area contributed by atoms with Gasteiger partial charge in [0.25, 0.3) is 0 Å². The minimum absolute atomic E-state index is 0.0390.